The summed E-state index contributed by atoms with van der Waals surface area (Å²) in [7, 11) is 0. The van der Waals surface area contributed by atoms with E-state index in [1.54, 1.807) is 6.26 Å². The lowest BCUT2D eigenvalue weighted by Crippen LogP contribution is -2.27. The SMILES string of the molecule is Cl.c1coc(CNC2CCCCCC2)c1. The van der Waals surface area contributed by atoms with Gasteiger partial charge in [-0.25, -0.2) is 0 Å². The molecule has 1 aliphatic carbocycles. The largest absolute Gasteiger partial charge is 0.468 e. The number of hydrogen-bond donors (Lipinski definition) is 1. The van der Waals surface area contributed by atoms with Gasteiger partial charge in [0.25, 0.3) is 0 Å². The van der Waals surface area contributed by atoms with Crippen LogP contribution in [0.3, 0.4) is 0 Å². The fourth-order valence-corrected chi connectivity index (χ4v) is 2.14. The third-order valence-corrected chi connectivity index (χ3v) is 3.00. The first-order valence-corrected chi connectivity index (χ1v) is 5.71. The van der Waals surface area contributed by atoms with Crippen LogP contribution in [0.5, 0.6) is 0 Å². The lowest BCUT2D eigenvalue weighted by molar-refractivity contribution is 0.416. The van der Waals surface area contributed by atoms with Crippen molar-refractivity contribution in [2.45, 2.75) is 51.1 Å². The fourth-order valence-electron chi connectivity index (χ4n) is 2.14. The molecule has 1 N–H and O–H groups in total. The van der Waals surface area contributed by atoms with E-state index >= 15 is 0 Å². The van der Waals surface area contributed by atoms with Crippen LogP contribution in [0.15, 0.2) is 22.8 Å². The minimum atomic E-state index is 0. The molecule has 86 valence electrons. The monoisotopic (exact) mass is 229 g/mol. The summed E-state index contributed by atoms with van der Waals surface area (Å²) in [4.78, 5) is 0. The Morgan fingerprint density at radius 2 is 1.93 bits per heavy atom. The Morgan fingerprint density at radius 3 is 2.53 bits per heavy atom. The summed E-state index contributed by atoms with van der Waals surface area (Å²) >= 11 is 0. The molecular weight excluding hydrogens is 210 g/mol. The van der Waals surface area contributed by atoms with Crippen LogP contribution in [0, 0.1) is 0 Å². The average molecular weight is 230 g/mol. The number of nitrogens with one attached hydrogen (secondary N) is 1. The van der Waals surface area contributed by atoms with Crippen molar-refractivity contribution < 1.29 is 4.42 Å². The zero-order valence-electron chi connectivity index (χ0n) is 9.08. The molecule has 0 spiro atoms. The van der Waals surface area contributed by atoms with Gasteiger partial charge in [0.05, 0.1) is 12.8 Å². The van der Waals surface area contributed by atoms with Gasteiger partial charge in [0.2, 0.25) is 0 Å². The van der Waals surface area contributed by atoms with Gasteiger partial charge in [-0.2, -0.15) is 0 Å². The molecule has 0 aliphatic heterocycles. The molecule has 1 aromatic heterocycles. The minimum absolute atomic E-state index is 0. The third kappa shape index (κ3) is 4.27. The summed E-state index contributed by atoms with van der Waals surface area (Å²) in [5.74, 6) is 1.05. The quantitative estimate of drug-likeness (QED) is 0.803. The van der Waals surface area contributed by atoms with E-state index in [0.29, 0.717) is 6.04 Å². The van der Waals surface area contributed by atoms with Gasteiger partial charge in [-0.1, -0.05) is 25.7 Å². The van der Waals surface area contributed by atoms with Gasteiger partial charge in [-0.15, -0.1) is 12.4 Å². The summed E-state index contributed by atoms with van der Waals surface area (Å²) in [6, 6.07) is 4.69. The fraction of sp³-hybridized carbons (Fsp3) is 0.667. The Bertz CT molecular complexity index is 240. The van der Waals surface area contributed by atoms with E-state index in [9.17, 15) is 0 Å². The van der Waals surface area contributed by atoms with E-state index in [1.807, 2.05) is 12.1 Å². The van der Waals surface area contributed by atoms with E-state index in [4.69, 9.17) is 4.42 Å². The summed E-state index contributed by atoms with van der Waals surface area (Å²) in [5.41, 5.74) is 0. The van der Waals surface area contributed by atoms with Crippen LogP contribution in [0.25, 0.3) is 0 Å². The smallest absolute Gasteiger partial charge is 0.117 e. The van der Waals surface area contributed by atoms with Crippen LogP contribution in [0.2, 0.25) is 0 Å². The van der Waals surface area contributed by atoms with E-state index in [1.165, 1.54) is 38.5 Å². The average Bonchev–Trinajstić information content (AvgIpc) is 2.58. The maximum Gasteiger partial charge on any atom is 0.117 e. The van der Waals surface area contributed by atoms with E-state index in [0.717, 1.165) is 12.3 Å². The predicted molar refractivity (Wildman–Crippen MR) is 64.3 cm³/mol. The number of hydrogen-bond acceptors (Lipinski definition) is 2. The highest BCUT2D eigenvalue weighted by molar-refractivity contribution is 5.85. The molecule has 0 unspecified atom stereocenters. The molecule has 2 rings (SSSR count). The van der Waals surface area contributed by atoms with E-state index < -0.39 is 0 Å². The number of furan rings is 1. The third-order valence-electron chi connectivity index (χ3n) is 3.00. The standard InChI is InChI=1S/C12H19NO.ClH/c1-2-4-7-11(6-3-1)13-10-12-8-5-9-14-12;/h5,8-9,11,13H,1-4,6-7,10H2;1H. The molecule has 1 heterocycles. The first kappa shape index (κ1) is 12.6. The second-order valence-electron chi connectivity index (χ2n) is 4.15. The maximum atomic E-state index is 5.29. The second-order valence-corrected chi connectivity index (χ2v) is 4.15. The van der Waals surface area contributed by atoms with Crippen molar-refractivity contribution in [1.82, 2.24) is 5.32 Å². The maximum absolute atomic E-state index is 5.29. The second kappa shape index (κ2) is 6.91. The molecule has 0 atom stereocenters. The molecule has 1 aliphatic rings. The van der Waals surface area contributed by atoms with Crippen molar-refractivity contribution in [2.75, 3.05) is 0 Å². The Balaban J connectivity index is 0.00000112. The van der Waals surface area contributed by atoms with Gasteiger partial charge < -0.3 is 9.73 Å². The van der Waals surface area contributed by atoms with Crippen LogP contribution < -0.4 is 5.32 Å². The van der Waals surface area contributed by atoms with E-state index in [-0.39, 0.29) is 12.4 Å². The number of rotatable bonds is 3. The zero-order chi connectivity index (χ0) is 9.64. The zero-order valence-corrected chi connectivity index (χ0v) is 9.89. The molecule has 15 heavy (non-hydrogen) atoms. The molecule has 1 aromatic rings. The van der Waals surface area contributed by atoms with Crippen LogP contribution in [-0.2, 0) is 6.54 Å². The molecule has 3 heteroatoms. The highest BCUT2D eigenvalue weighted by atomic mass is 35.5. The summed E-state index contributed by atoms with van der Waals surface area (Å²) in [6.45, 7) is 0.887. The van der Waals surface area contributed by atoms with Crippen LogP contribution in [-0.4, -0.2) is 6.04 Å². The topological polar surface area (TPSA) is 25.2 Å². The van der Waals surface area contributed by atoms with Crippen molar-refractivity contribution in [1.29, 1.82) is 0 Å². The molecule has 0 amide bonds. The summed E-state index contributed by atoms with van der Waals surface area (Å²) in [6.07, 6.45) is 10.0. The highest BCUT2D eigenvalue weighted by Crippen LogP contribution is 2.17. The normalized spacial score (nSPS) is 18.1. The van der Waals surface area contributed by atoms with Crippen molar-refractivity contribution in [3.8, 4) is 0 Å². The van der Waals surface area contributed by atoms with Crippen molar-refractivity contribution >= 4 is 12.4 Å². The van der Waals surface area contributed by atoms with Crippen LogP contribution in [0.1, 0.15) is 44.3 Å². The molecular formula is C12H20ClNO. The van der Waals surface area contributed by atoms with Crippen LogP contribution in [0.4, 0.5) is 0 Å². The molecule has 0 radical (unpaired) electrons. The molecule has 0 saturated heterocycles. The summed E-state index contributed by atoms with van der Waals surface area (Å²) in [5, 5.41) is 3.57. The van der Waals surface area contributed by atoms with Gasteiger partial charge in [0.15, 0.2) is 0 Å². The van der Waals surface area contributed by atoms with Gasteiger partial charge in [0, 0.05) is 6.04 Å². The van der Waals surface area contributed by atoms with Crippen molar-refractivity contribution in [2.24, 2.45) is 0 Å². The van der Waals surface area contributed by atoms with Crippen molar-refractivity contribution in [3.05, 3.63) is 24.2 Å². The van der Waals surface area contributed by atoms with Gasteiger partial charge in [0.1, 0.15) is 5.76 Å². The highest BCUT2D eigenvalue weighted by Gasteiger charge is 2.11. The molecule has 1 saturated carbocycles. The van der Waals surface area contributed by atoms with Crippen molar-refractivity contribution in [3.63, 3.8) is 0 Å². The minimum Gasteiger partial charge on any atom is -0.468 e. The molecule has 0 bridgehead atoms. The van der Waals surface area contributed by atoms with Gasteiger partial charge in [-0.05, 0) is 25.0 Å². The van der Waals surface area contributed by atoms with Crippen LogP contribution >= 0.6 is 12.4 Å². The van der Waals surface area contributed by atoms with Gasteiger partial charge in [-0.3, -0.25) is 0 Å². The Morgan fingerprint density at radius 1 is 1.20 bits per heavy atom. The molecule has 1 fully saturated rings. The summed E-state index contributed by atoms with van der Waals surface area (Å²) < 4.78 is 5.29. The van der Waals surface area contributed by atoms with E-state index in [2.05, 4.69) is 5.32 Å². The molecule has 2 nitrogen and oxygen atoms in total. The molecule has 0 aromatic carbocycles. The first-order valence-electron chi connectivity index (χ1n) is 5.71. The lowest BCUT2D eigenvalue weighted by atomic mass is 10.1. The Hall–Kier alpha value is -0.470. The predicted octanol–water partition coefficient (Wildman–Crippen LogP) is 3.51. The Kier molecular flexibility index (Phi) is 5.81. The van der Waals surface area contributed by atoms with Gasteiger partial charge >= 0.3 is 0 Å². The lowest BCUT2D eigenvalue weighted by Gasteiger charge is -2.14. The first-order chi connectivity index (χ1) is 6.95. The Labute approximate surface area is 97.8 Å². The number of halogens is 1.